The maximum Gasteiger partial charge on any atom is 0.336 e. The maximum atomic E-state index is 11.8. The van der Waals surface area contributed by atoms with Crippen LogP contribution in [0.1, 0.15) is 31.7 Å². The monoisotopic (exact) mass is 347 g/mol. The molecule has 0 spiro atoms. The van der Waals surface area contributed by atoms with E-state index in [-0.39, 0.29) is 12.5 Å². The van der Waals surface area contributed by atoms with Gasteiger partial charge in [0.15, 0.2) is 6.61 Å². The third-order valence-corrected chi connectivity index (χ3v) is 3.72. The highest BCUT2D eigenvalue weighted by Crippen LogP contribution is 2.22. The molecule has 1 amide bonds. The van der Waals surface area contributed by atoms with Crippen LogP contribution in [-0.4, -0.2) is 32.3 Å². The number of benzene rings is 1. The van der Waals surface area contributed by atoms with Crippen LogP contribution in [0.25, 0.3) is 11.0 Å². The van der Waals surface area contributed by atoms with E-state index in [0.29, 0.717) is 24.5 Å². The lowest BCUT2D eigenvalue weighted by molar-refractivity contribution is -0.123. The Morgan fingerprint density at radius 3 is 2.80 bits per heavy atom. The molecule has 0 atom stereocenters. The van der Waals surface area contributed by atoms with Gasteiger partial charge < -0.3 is 19.2 Å². The second kappa shape index (κ2) is 9.84. The molecule has 6 heteroatoms. The van der Waals surface area contributed by atoms with Gasteiger partial charge in [0.1, 0.15) is 11.3 Å². The van der Waals surface area contributed by atoms with Crippen LogP contribution in [0.5, 0.6) is 5.75 Å². The molecule has 1 aromatic carbocycles. The summed E-state index contributed by atoms with van der Waals surface area (Å²) in [5.41, 5.74) is 0.893. The fourth-order valence-electron chi connectivity index (χ4n) is 2.35. The van der Waals surface area contributed by atoms with E-state index in [1.54, 1.807) is 12.1 Å². The van der Waals surface area contributed by atoms with E-state index in [1.165, 1.54) is 6.07 Å². The molecule has 6 nitrogen and oxygen atoms in total. The van der Waals surface area contributed by atoms with Crippen molar-refractivity contribution in [2.45, 2.75) is 33.1 Å². The van der Waals surface area contributed by atoms with Gasteiger partial charge in [0.05, 0.1) is 0 Å². The quantitative estimate of drug-likeness (QED) is 0.528. The second-order valence-electron chi connectivity index (χ2n) is 5.86. The van der Waals surface area contributed by atoms with E-state index < -0.39 is 5.63 Å². The molecular weight excluding hydrogens is 322 g/mol. The third kappa shape index (κ3) is 6.23. The number of carbonyl (C=O) groups excluding carboxylic acids is 1. The van der Waals surface area contributed by atoms with Gasteiger partial charge in [0.25, 0.3) is 5.91 Å². The summed E-state index contributed by atoms with van der Waals surface area (Å²) in [6.45, 7) is 5.85. The highest BCUT2D eigenvalue weighted by atomic mass is 16.5. The van der Waals surface area contributed by atoms with Crippen molar-refractivity contribution in [3.8, 4) is 5.75 Å². The molecule has 1 heterocycles. The Bertz CT molecular complexity index is 753. The van der Waals surface area contributed by atoms with Crippen LogP contribution in [-0.2, 0) is 9.53 Å². The van der Waals surface area contributed by atoms with E-state index >= 15 is 0 Å². The van der Waals surface area contributed by atoms with Crippen molar-refractivity contribution >= 4 is 16.9 Å². The van der Waals surface area contributed by atoms with E-state index in [9.17, 15) is 9.59 Å². The number of nitrogens with one attached hydrogen (secondary N) is 1. The summed E-state index contributed by atoms with van der Waals surface area (Å²) < 4.78 is 16.0. The van der Waals surface area contributed by atoms with Crippen LogP contribution in [0.15, 0.2) is 33.5 Å². The Morgan fingerprint density at radius 1 is 1.20 bits per heavy atom. The zero-order valence-corrected chi connectivity index (χ0v) is 14.8. The van der Waals surface area contributed by atoms with Crippen molar-refractivity contribution in [2.24, 2.45) is 0 Å². The van der Waals surface area contributed by atoms with Crippen molar-refractivity contribution < 1.29 is 18.7 Å². The highest BCUT2D eigenvalue weighted by Gasteiger charge is 2.06. The summed E-state index contributed by atoms with van der Waals surface area (Å²) in [7, 11) is 0. The van der Waals surface area contributed by atoms with Crippen LogP contribution >= 0.6 is 0 Å². The predicted molar refractivity (Wildman–Crippen MR) is 96.1 cm³/mol. The van der Waals surface area contributed by atoms with E-state index in [1.807, 2.05) is 13.0 Å². The Kier molecular flexibility index (Phi) is 7.47. The summed E-state index contributed by atoms with van der Waals surface area (Å²) in [5.74, 6) is 0.290. The van der Waals surface area contributed by atoms with Crippen LogP contribution in [0.2, 0.25) is 0 Å². The van der Waals surface area contributed by atoms with Gasteiger partial charge in [-0.2, -0.15) is 0 Å². The van der Waals surface area contributed by atoms with Gasteiger partial charge in [-0.3, -0.25) is 4.79 Å². The van der Waals surface area contributed by atoms with Crippen LogP contribution in [0.3, 0.4) is 0 Å². The fourth-order valence-corrected chi connectivity index (χ4v) is 2.35. The highest BCUT2D eigenvalue weighted by molar-refractivity contribution is 5.81. The molecular formula is C19H25NO5. The van der Waals surface area contributed by atoms with Gasteiger partial charge in [-0.15, -0.1) is 0 Å². The lowest BCUT2D eigenvalue weighted by atomic mass is 10.1. The first-order valence-corrected chi connectivity index (χ1v) is 8.62. The van der Waals surface area contributed by atoms with Gasteiger partial charge in [0.2, 0.25) is 0 Å². The molecule has 1 N–H and O–H groups in total. The van der Waals surface area contributed by atoms with Crippen molar-refractivity contribution in [2.75, 3.05) is 26.4 Å². The smallest absolute Gasteiger partial charge is 0.336 e. The molecule has 0 fully saturated rings. The number of ether oxygens (including phenoxy) is 2. The number of hydrogen-bond donors (Lipinski definition) is 1. The molecule has 0 saturated heterocycles. The van der Waals surface area contributed by atoms with E-state index in [4.69, 9.17) is 13.9 Å². The topological polar surface area (TPSA) is 77.8 Å². The lowest BCUT2D eigenvalue weighted by Gasteiger charge is -2.09. The van der Waals surface area contributed by atoms with Crippen molar-refractivity contribution in [1.29, 1.82) is 0 Å². The Labute approximate surface area is 147 Å². The first-order chi connectivity index (χ1) is 12.1. The number of unbranched alkanes of at least 4 members (excludes halogenated alkanes) is 1. The third-order valence-electron chi connectivity index (χ3n) is 3.72. The number of amides is 1. The summed E-state index contributed by atoms with van der Waals surface area (Å²) in [6, 6.07) is 6.64. The number of fused-ring (bicyclic) bond motifs is 1. The Morgan fingerprint density at radius 2 is 2.00 bits per heavy atom. The molecule has 0 aliphatic rings. The largest absolute Gasteiger partial charge is 0.484 e. The van der Waals surface area contributed by atoms with Crippen LogP contribution in [0, 0.1) is 6.92 Å². The Hall–Kier alpha value is -2.34. The molecule has 136 valence electrons. The van der Waals surface area contributed by atoms with Crippen molar-refractivity contribution in [3.63, 3.8) is 0 Å². The van der Waals surface area contributed by atoms with Crippen molar-refractivity contribution in [1.82, 2.24) is 5.32 Å². The first-order valence-electron chi connectivity index (χ1n) is 8.62. The average molecular weight is 347 g/mol. The number of carbonyl (C=O) groups is 1. The minimum Gasteiger partial charge on any atom is -0.484 e. The summed E-state index contributed by atoms with van der Waals surface area (Å²) >= 11 is 0. The van der Waals surface area contributed by atoms with E-state index in [0.717, 1.165) is 36.8 Å². The molecule has 0 bridgehead atoms. The van der Waals surface area contributed by atoms with Gasteiger partial charge in [-0.25, -0.2) is 4.79 Å². The van der Waals surface area contributed by atoms with Crippen LogP contribution in [0.4, 0.5) is 0 Å². The normalized spacial score (nSPS) is 10.8. The number of hydrogen-bond acceptors (Lipinski definition) is 5. The number of rotatable bonds is 10. The second-order valence-corrected chi connectivity index (χ2v) is 5.86. The summed E-state index contributed by atoms with van der Waals surface area (Å²) in [5, 5.41) is 3.63. The van der Waals surface area contributed by atoms with Gasteiger partial charge in [-0.05, 0) is 37.5 Å². The standard InChI is InChI=1S/C19H25NO5/c1-3-4-9-23-10-5-8-20-18(21)13-24-15-6-7-16-14(2)11-19(22)25-17(16)12-15/h6-7,11-12H,3-5,8-10,13H2,1-2H3,(H,20,21). The van der Waals surface area contributed by atoms with Gasteiger partial charge in [-0.1, -0.05) is 13.3 Å². The molecule has 1 aromatic heterocycles. The Balaban J connectivity index is 1.74. The first kappa shape index (κ1) is 19.0. The maximum absolute atomic E-state index is 11.8. The molecule has 2 aromatic rings. The zero-order valence-electron chi connectivity index (χ0n) is 14.8. The molecule has 0 radical (unpaired) electrons. The predicted octanol–water partition coefficient (Wildman–Crippen LogP) is 2.80. The van der Waals surface area contributed by atoms with E-state index in [2.05, 4.69) is 12.2 Å². The minimum atomic E-state index is -0.402. The molecule has 25 heavy (non-hydrogen) atoms. The molecule has 0 aliphatic heterocycles. The fraction of sp³-hybridized carbons (Fsp3) is 0.474. The average Bonchev–Trinajstić information content (AvgIpc) is 2.58. The molecule has 0 unspecified atom stereocenters. The zero-order chi connectivity index (χ0) is 18.1. The molecule has 0 aliphatic carbocycles. The minimum absolute atomic E-state index is 0.0851. The SMILES string of the molecule is CCCCOCCCNC(=O)COc1ccc2c(C)cc(=O)oc2c1. The lowest BCUT2D eigenvalue weighted by Crippen LogP contribution is -2.30. The van der Waals surface area contributed by atoms with Crippen molar-refractivity contribution in [3.05, 3.63) is 40.2 Å². The van der Waals surface area contributed by atoms with Gasteiger partial charge >= 0.3 is 5.63 Å². The summed E-state index contributed by atoms with van der Waals surface area (Å²) in [6.07, 6.45) is 2.95. The number of aryl methyl sites for hydroxylation is 1. The summed E-state index contributed by atoms with van der Waals surface area (Å²) in [4.78, 5) is 23.2. The van der Waals surface area contributed by atoms with Crippen LogP contribution < -0.4 is 15.7 Å². The van der Waals surface area contributed by atoms with Gasteiger partial charge in [0, 0.05) is 37.3 Å². The molecule has 2 rings (SSSR count). The molecule has 0 saturated carbocycles.